The van der Waals surface area contributed by atoms with Gasteiger partial charge in [-0.15, -0.1) is 9.97 Å². The second-order valence-corrected chi connectivity index (χ2v) is 20.4. The predicted molar refractivity (Wildman–Crippen MR) is 291 cm³/mol. The molecule has 0 spiro atoms. The SMILES string of the molecule is [C-]#[N+]c1cnc(Nc2cc(NCC3CCCN(C(=O)OC(C)(C)C)C3)c(-n3ccc(C(=O)O)c3)cn2)cn1.[C-]#[N+]c1cnc(Nc2cc(NCC3CCCN(C(=O)OC(C)(C)C)C3)c(-n3ccc(C(=O)OCC)c3)cn2)cn1. The number of rotatable bonds is 15. The van der Waals surface area contributed by atoms with Crippen LogP contribution in [0.1, 0.15) is 94.9 Å². The topological polar surface area (TPSA) is 267 Å². The Morgan fingerprint density at radius 2 is 1.08 bits per heavy atom. The maximum absolute atomic E-state index is 12.6. The van der Waals surface area contributed by atoms with Crippen LogP contribution in [0.2, 0.25) is 0 Å². The molecule has 8 heterocycles. The van der Waals surface area contributed by atoms with Crippen molar-refractivity contribution in [1.82, 2.24) is 48.8 Å². The molecule has 24 heteroatoms. The third kappa shape index (κ3) is 16.1. The molecule has 2 saturated heterocycles. The molecule has 0 aliphatic carbocycles. The number of amides is 2. The number of carbonyl (C=O) groups excluding carboxylic acids is 3. The Kier molecular flexibility index (Phi) is 18.4. The molecule has 408 valence electrons. The van der Waals surface area contributed by atoms with E-state index in [0.29, 0.717) is 80.4 Å². The summed E-state index contributed by atoms with van der Waals surface area (Å²) in [6.45, 7) is 31.0. The first-order valence-corrected chi connectivity index (χ1v) is 25.4. The van der Waals surface area contributed by atoms with Crippen molar-refractivity contribution in [2.24, 2.45) is 11.8 Å². The molecule has 0 saturated carbocycles. The van der Waals surface area contributed by atoms with Gasteiger partial charge in [-0.3, -0.25) is 0 Å². The fourth-order valence-corrected chi connectivity index (χ4v) is 8.39. The predicted octanol–water partition coefficient (Wildman–Crippen LogP) is 9.91. The average Bonchev–Trinajstić information content (AvgIpc) is 4.14. The Morgan fingerprint density at radius 1 is 0.641 bits per heavy atom. The number of ether oxygens (including phenoxy) is 3. The number of anilines is 6. The molecule has 2 atom stereocenters. The van der Waals surface area contributed by atoms with Crippen molar-refractivity contribution < 1.29 is 38.5 Å². The van der Waals surface area contributed by atoms with Crippen LogP contribution in [0.5, 0.6) is 0 Å². The zero-order chi connectivity index (χ0) is 56.0. The molecule has 78 heavy (non-hydrogen) atoms. The zero-order valence-corrected chi connectivity index (χ0v) is 44.7. The van der Waals surface area contributed by atoms with E-state index in [9.17, 15) is 24.3 Å². The zero-order valence-electron chi connectivity index (χ0n) is 44.7. The lowest BCUT2D eigenvalue weighted by atomic mass is 9.98. The molecule has 2 aliphatic rings. The number of aromatic nitrogens is 8. The number of likely N-dealkylation sites (tertiary alicyclic amines) is 2. The minimum absolute atomic E-state index is 0.161. The Bertz CT molecular complexity index is 3130. The highest BCUT2D eigenvalue weighted by molar-refractivity contribution is 5.89. The van der Waals surface area contributed by atoms with Gasteiger partial charge in [-0.05, 0) is 98.1 Å². The number of piperidine rings is 2. The summed E-state index contributed by atoms with van der Waals surface area (Å²) in [6.07, 6.45) is 18.8. The van der Waals surface area contributed by atoms with Crippen molar-refractivity contribution in [3.63, 3.8) is 0 Å². The number of carbonyl (C=O) groups is 4. The van der Waals surface area contributed by atoms with E-state index < -0.39 is 23.1 Å². The van der Waals surface area contributed by atoms with Crippen LogP contribution in [-0.2, 0) is 14.2 Å². The largest absolute Gasteiger partial charge is 0.478 e. The van der Waals surface area contributed by atoms with Crippen LogP contribution < -0.4 is 21.3 Å². The van der Waals surface area contributed by atoms with Gasteiger partial charge in [0.1, 0.15) is 22.8 Å². The first-order chi connectivity index (χ1) is 37.3. The normalized spacial score (nSPS) is 15.3. The Balaban J connectivity index is 0.000000226. The van der Waals surface area contributed by atoms with E-state index in [1.807, 2.05) is 52.2 Å². The lowest BCUT2D eigenvalue weighted by molar-refractivity contribution is 0.0163. The van der Waals surface area contributed by atoms with E-state index in [2.05, 4.69) is 60.9 Å². The van der Waals surface area contributed by atoms with Gasteiger partial charge in [-0.2, -0.15) is 0 Å². The summed E-state index contributed by atoms with van der Waals surface area (Å²) in [5.74, 6) is 1.28. The summed E-state index contributed by atoms with van der Waals surface area (Å²) in [4.78, 5) is 84.3. The molecule has 24 nitrogen and oxygen atoms in total. The van der Waals surface area contributed by atoms with E-state index in [0.717, 1.165) is 42.7 Å². The van der Waals surface area contributed by atoms with E-state index in [4.69, 9.17) is 27.4 Å². The Hall–Kier alpha value is -9.32. The molecular weight excluding hydrogens is 1000 g/mol. The highest BCUT2D eigenvalue weighted by Gasteiger charge is 2.30. The first kappa shape index (κ1) is 56.4. The van der Waals surface area contributed by atoms with E-state index in [-0.39, 0.29) is 41.2 Å². The highest BCUT2D eigenvalue weighted by atomic mass is 16.6. The number of nitrogens with one attached hydrogen (secondary N) is 4. The molecule has 0 radical (unpaired) electrons. The number of nitrogens with zero attached hydrogens (tertiary/aromatic N) is 12. The minimum Gasteiger partial charge on any atom is -0.478 e. The lowest BCUT2D eigenvalue weighted by Crippen LogP contribution is -2.44. The van der Waals surface area contributed by atoms with Gasteiger partial charge in [0, 0.05) is 76.2 Å². The maximum Gasteiger partial charge on any atom is 0.410 e. The number of hydrogen-bond acceptors (Lipinski definition) is 17. The second kappa shape index (κ2) is 25.5. The summed E-state index contributed by atoms with van der Waals surface area (Å²) >= 11 is 0. The molecule has 5 N–H and O–H groups in total. The summed E-state index contributed by atoms with van der Waals surface area (Å²) < 4.78 is 19.8. The minimum atomic E-state index is -1.02. The van der Waals surface area contributed by atoms with Crippen molar-refractivity contribution >= 4 is 70.4 Å². The van der Waals surface area contributed by atoms with Crippen LogP contribution in [0, 0.1) is 25.0 Å². The lowest BCUT2D eigenvalue weighted by Gasteiger charge is -2.34. The molecular formula is C54H64N16O8. The summed E-state index contributed by atoms with van der Waals surface area (Å²) in [5.41, 5.74) is 2.38. The quantitative estimate of drug-likeness (QED) is 0.0364. The number of aromatic carboxylic acids is 1. The average molecular weight is 1070 g/mol. The summed E-state index contributed by atoms with van der Waals surface area (Å²) in [5, 5.41) is 22.5. The molecule has 0 aromatic carbocycles. The molecule has 0 bridgehead atoms. The molecule has 6 aromatic heterocycles. The first-order valence-electron chi connectivity index (χ1n) is 25.4. The van der Waals surface area contributed by atoms with E-state index in [1.165, 1.54) is 37.1 Å². The molecule has 6 aromatic rings. The van der Waals surface area contributed by atoms with Crippen LogP contribution in [0.15, 0.2) is 86.2 Å². The van der Waals surface area contributed by atoms with Crippen LogP contribution in [0.3, 0.4) is 0 Å². The van der Waals surface area contributed by atoms with E-state index >= 15 is 0 Å². The number of esters is 1. The van der Waals surface area contributed by atoms with Gasteiger partial charge in [-0.25, -0.2) is 39.1 Å². The van der Waals surface area contributed by atoms with Crippen molar-refractivity contribution in [3.8, 4) is 11.4 Å². The van der Waals surface area contributed by atoms with Crippen LogP contribution >= 0.6 is 0 Å². The Morgan fingerprint density at radius 3 is 1.46 bits per heavy atom. The Labute approximate surface area is 452 Å². The van der Waals surface area contributed by atoms with E-state index in [1.54, 1.807) is 64.4 Å². The smallest absolute Gasteiger partial charge is 0.410 e. The van der Waals surface area contributed by atoms with Crippen molar-refractivity contribution in [1.29, 1.82) is 0 Å². The van der Waals surface area contributed by atoms with Crippen LogP contribution in [-0.4, -0.2) is 135 Å². The van der Waals surface area contributed by atoms with Gasteiger partial charge in [0.15, 0.2) is 24.0 Å². The molecule has 2 fully saturated rings. The number of hydrogen-bond donors (Lipinski definition) is 5. The van der Waals surface area contributed by atoms with Crippen LogP contribution in [0.25, 0.3) is 21.1 Å². The fraction of sp³-hybridized carbons (Fsp3) is 0.407. The van der Waals surface area contributed by atoms with Crippen molar-refractivity contribution in [3.05, 3.63) is 120 Å². The third-order valence-corrected chi connectivity index (χ3v) is 12.0. The maximum atomic E-state index is 12.6. The number of carboxylic acids is 1. The number of pyridine rings is 2. The number of carboxylic acid groups (broad SMARTS) is 1. The van der Waals surface area contributed by atoms with Crippen molar-refractivity contribution in [2.75, 3.05) is 67.1 Å². The van der Waals surface area contributed by atoms with Gasteiger partial charge >= 0.3 is 24.1 Å². The molecule has 2 amide bonds. The van der Waals surface area contributed by atoms with Gasteiger partial charge in [-0.1, -0.05) is 13.1 Å². The van der Waals surface area contributed by atoms with Gasteiger partial charge in [0.25, 0.3) is 11.6 Å². The second-order valence-electron chi connectivity index (χ2n) is 20.4. The van der Waals surface area contributed by atoms with Crippen LogP contribution in [0.4, 0.5) is 55.9 Å². The van der Waals surface area contributed by atoms with Gasteiger partial charge in [0.2, 0.25) is 0 Å². The highest BCUT2D eigenvalue weighted by Crippen LogP contribution is 2.30. The summed E-state index contributed by atoms with van der Waals surface area (Å²) in [6, 6.07) is 6.86. The van der Waals surface area contributed by atoms with Gasteiger partial charge in [0.05, 0.1) is 65.3 Å². The van der Waals surface area contributed by atoms with Gasteiger partial charge < -0.3 is 69.2 Å². The monoisotopic (exact) mass is 1060 g/mol. The molecule has 2 unspecified atom stereocenters. The summed E-state index contributed by atoms with van der Waals surface area (Å²) in [7, 11) is 0. The standard InChI is InChI=1S/C28H34N8O4.C26H30N8O4/c1-6-39-26(37)20-9-11-35(18-20)22-14-31-23(34-25-16-32-24(29-5)15-33-25)12-21(22)30-13-19-8-7-10-36(17-19)27(38)40-28(2,3)4;1-26(2,3)38-25(37)34-8-5-6-17(15-34)11-28-19-10-21(32-23-14-30-22(27-4)13-31-23)29-12-20(19)33-9-7-18(16-33)24(35)36/h9,11-12,14-16,18-19H,6-8,10,13,17H2,1-4H3,(H2,30,31,33,34);7,9-10,12-14,16-17H,5-6,8,11,15H2,1-3H3,(H,35,36)(H2,28,29,31,32). The third-order valence-electron chi connectivity index (χ3n) is 12.0. The fourth-order valence-electron chi connectivity index (χ4n) is 8.39. The van der Waals surface area contributed by atoms with Crippen molar-refractivity contribution in [2.45, 2.75) is 85.4 Å². The molecule has 8 rings (SSSR count). The molecule has 2 aliphatic heterocycles.